The predicted octanol–water partition coefficient (Wildman–Crippen LogP) is 3.40. The fourth-order valence-electron chi connectivity index (χ4n) is 2.70. The van der Waals surface area contributed by atoms with Gasteiger partial charge in [-0.05, 0) is 37.1 Å². The lowest BCUT2D eigenvalue weighted by Crippen LogP contribution is -2.37. The molecule has 5 heteroatoms. The summed E-state index contributed by atoms with van der Waals surface area (Å²) >= 11 is 0. The third-order valence-electron chi connectivity index (χ3n) is 4.48. The predicted molar refractivity (Wildman–Crippen MR) is 112 cm³/mol. The van der Waals surface area contributed by atoms with E-state index in [1.165, 1.54) is 17.5 Å². The van der Waals surface area contributed by atoms with E-state index in [0.717, 1.165) is 64.7 Å². The van der Waals surface area contributed by atoms with Gasteiger partial charge in [-0.3, -0.25) is 9.89 Å². The highest BCUT2D eigenvalue weighted by Gasteiger charge is 2.07. The lowest BCUT2D eigenvalue weighted by atomic mass is 10.1. The van der Waals surface area contributed by atoms with Gasteiger partial charge in [0.2, 0.25) is 0 Å². The molecule has 0 spiro atoms. The topological polar surface area (TPSA) is 48.9 Å². The Labute approximate surface area is 160 Å². The molecule has 0 saturated carbocycles. The zero-order valence-corrected chi connectivity index (χ0v) is 17.2. The van der Waals surface area contributed by atoms with Crippen LogP contribution in [0.3, 0.4) is 0 Å². The van der Waals surface area contributed by atoms with Crippen LogP contribution in [0.4, 0.5) is 0 Å². The molecule has 0 saturated heterocycles. The summed E-state index contributed by atoms with van der Waals surface area (Å²) in [7, 11) is 1.81. The van der Waals surface area contributed by atoms with Crippen molar-refractivity contribution >= 4 is 5.96 Å². The smallest absolute Gasteiger partial charge is 0.191 e. The fraction of sp³-hybridized carbons (Fsp3) is 0.667. The number of aliphatic imine (C=N–C) groups is 1. The minimum atomic E-state index is 0.782. The molecule has 26 heavy (non-hydrogen) atoms. The van der Waals surface area contributed by atoms with Crippen LogP contribution in [0.2, 0.25) is 0 Å². The van der Waals surface area contributed by atoms with E-state index in [4.69, 9.17) is 4.74 Å². The second-order valence-electron chi connectivity index (χ2n) is 6.40. The van der Waals surface area contributed by atoms with Crippen LogP contribution in [0, 0.1) is 0 Å². The first kappa shape index (κ1) is 22.5. The summed E-state index contributed by atoms with van der Waals surface area (Å²) in [6.07, 6.45) is 3.32. The molecule has 0 aliphatic rings. The van der Waals surface area contributed by atoms with Crippen LogP contribution < -0.4 is 10.6 Å². The number of ether oxygens (including phenoxy) is 1. The molecule has 0 heterocycles. The number of guanidine groups is 1. The summed E-state index contributed by atoms with van der Waals surface area (Å²) in [5.74, 6) is 0.844. The average Bonchev–Trinajstić information content (AvgIpc) is 2.68. The van der Waals surface area contributed by atoms with Crippen LogP contribution in [0.5, 0.6) is 0 Å². The molecule has 0 radical (unpaired) electrons. The van der Waals surface area contributed by atoms with Gasteiger partial charge in [0.15, 0.2) is 5.96 Å². The summed E-state index contributed by atoms with van der Waals surface area (Å²) in [5, 5.41) is 6.79. The number of hydrogen-bond donors (Lipinski definition) is 2. The first-order chi connectivity index (χ1) is 12.7. The Morgan fingerprint density at radius 3 is 2.35 bits per heavy atom. The number of nitrogens with one attached hydrogen (secondary N) is 2. The molecule has 0 amide bonds. The third kappa shape index (κ3) is 9.20. The van der Waals surface area contributed by atoms with Crippen molar-refractivity contribution in [2.45, 2.75) is 53.1 Å². The van der Waals surface area contributed by atoms with Crippen LogP contribution in [-0.4, -0.2) is 50.8 Å². The molecule has 0 aliphatic carbocycles. The molecule has 2 N–H and O–H groups in total. The summed E-state index contributed by atoms with van der Waals surface area (Å²) < 4.78 is 5.59. The highest BCUT2D eigenvalue weighted by molar-refractivity contribution is 5.79. The Morgan fingerprint density at radius 1 is 1.00 bits per heavy atom. The number of hydrogen-bond acceptors (Lipinski definition) is 3. The number of unbranched alkanes of at least 4 members (excludes halogenated alkanes) is 1. The molecule has 0 bridgehead atoms. The van der Waals surface area contributed by atoms with Gasteiger partial charge in [0.05, 0.1) is 0 Å². The van der Waals surface area contributed by atoms with Crippen molar-refractivity contribution < 1.29 is 4.74 Å². The van der Waals surface area contributed by atoms with Crippen molar-refractivity contribution in [1.29, 1.82) is 0 Å². The maximum absolute atomic E-state index is 5.59. The number of nitrogens with zero attached hydrogens (tertiary/aromatic N) is 2. The Hall–Kier alpha value is -1.59. The molecule has 0 aliphatic heterocycles. The van der Waals surface area contributed by atoms with E-state index < -0.39 is 0 Å². The van der Waals surface area contributed by atoms with E-state index in [1.54, 1.807) is 0 Å². The first-order valence-corrected chi connectivity index (χ1v) is 10.1. The zero-order valence-electron chi connectivity index (χ0n) is 17.2. The molecule has 5 nitrogen and oxygen atoms in total. The van der Waals surface area contributed by atoms with Crippen molar-refractivity contribution in [2.75, 3.05) is 39.9 Å². The quantitative estimate of drug-likeness (QED) is 0.321. The number of benzene rings is 1. The van der Waals surface area contributed by atoms with E-state index in [9.17, 15) is 0 Å². The van der Waals surface area contributed by atoms with E-state index in [-0.39, 0.29) is 0 Å². The molecule has 0 fully saturated rings. The molecule has 0 unspecified atom stereocenters. The SMILES string of the molecule is CCCCOCCCNC(=NC)NCc1ccccc1CN(CC)CC. The van der Waals surface area contributed by atoms with E-state index in [0.29, 0.717) is 0 Å². The average molecular weight is 363 g/mol. The summed E-state index contributed by atoms with van der Waals surface area (Å²) in [6.45, 7) is 13.1. The molecule has 1 aromatic carbocycles. The van der Waals surface area contributed by atoms with Crippen LogP contribution in [-0.2, 0) is 17.8 Å². The number of rotatable bonds is 13. The molecular formula is C21H38N4O. The molecule has 0 aromatic heterocycles. The third-order valence-corrected chi connectivity index (χ3v) is 4.48. The molecule has 148 valence electrons. The van der Waals surface area contributed by atoms with Crippen LogP contribution in [0.25, 0.3) is 0 Å². The van der Waals surface area contributed by atoms with Crippen molar-refractivity contribution in [3.8, 4) is 0 Å². The fourth-order valence-corrected chi connectivity index (χ4v) is 2.70. The Morgan fingerprint density at radius 2 is 1.69 bits per heavy atom. The zero-order chi connectivity index (χ0) is 19.0. The highest BCUT2D eigenvalue weighted by Crippen LogP contribution is 2.11. The monoisotopic (exact) mass is 362 g/mol. The van der Waals surface area contributed by atoms with E-state index in [2.05, 4.69) is 65.6 Å². The van der Waals surface area contributed by atoms with Gasteiger partial charge in [-0.2, -0.15) is 0 Å². The van der Waals surface area contributed by atoms with Crippen molar-refractivity contribution in [3.05, 3.63) is 35.4 Å². The van der Waals surface area contributed by atoms with Crippen LogP contribution in [0.1, 0.15) is 51.2 Å². The van der Waals surface area contributed by atoms with E-state index in [1.807, 2.05) is 7.05 Å². The molecule has 1 rings (SSSR count). The largest absolute Gasteiger partial charge is 0.381 e. The minimum absolute atomic E-state index is 0.782. The maximum atomic E-state index is 5.59. The Balaban J connectivity index is 2.39. The lowest BCUT2D eigenvalue weighted by Gasteiger charge is -2.20. The summed E-state index contributed by atoms with van der Waals surface area (Å²) in [5.41, 5.74) is 2.70. The maximum Gasteiger partial charge on any atom is 0.191 e. The second-order valence-corrected chi connectivity index (χ2v) is 6.40. The van der Waals surface area contributed by atoms with Gasteiger partial charge in [0.1, 0.15) is 0 Å². The van der Waals surface area contributed by atoms with Gasteiger partial charge in [-0.15, -0.1) is 0 Å². The van der Waals surface area contributed by atoms with Gasteiger partial charge in [-0.25, -0.2) is 0 Å². The minimum Gasteiger partial charge on any atom is -0.381 e. The van der Waals surface area contributed by atoms with E-state index >= 15 is 0 Å². The van der Waals surface area contributed by atoms with Gasteiger partial charge in [0.25, 0.3) is 0 Å². The van der Waals surface area contributed by atoms with Crippen molar-refractivity contribution in [1.82, 2.24) is 15.5 Å². The molecular weight excluding hydrogens is 324 g/mol. The Bertz CT molecular complexity index is 501. The standard InChI is InChI=1S/C21H38N4O/c1-5-8-15-26-16-11-14-23-21(22-4)24-17-19-12-9-10-13-20(19)18-25(6-2)7-3/h9-10,12-13H,5-8,11,14-18H2,1-4H3,(H2,22,23,24). The lowest BCUT2D eigenvalue weighted by molar-refractivity contribution is 0.129. The van der Waals surface area contributed by atoms with Crippen LogP contribution >= 0.6 is 0 Å². The Kier molecular flexibility index (Phi) is 12.6. The summed E-state index contributed by atoms with van der Waals surface area (Å²) in [6, 6.07) is 8.64. The van der Waals surface area contributed by atoms with Gasteiger partial charge < -0.3 is 15.4 Å². The van der Waals surface area contributed by atoms with Gasteiger partial charge in [-0.1, -0.05) is 51.5 Å². The first-order valence-electron chi connectivity index (χ1n) is 10.1. The van der Waals surface area contributed by atoms with Crippen LogP contribution in [0.15, 0.2) is 29.3 Å². The van der Waals surface area contributed by atoms with Crippen molar-refractivity contribution in [3.63, 3.8) is 0 Å². The molecule has 1 aromatic rings. The van der Waals surface area contributed by atoms with Crippen molar-refractivity contribution in [2.24, 2.45) is 4.99 Å². The van der Waals surface area contributed by atoms with Gasteiger partial charge >= 0.3 is 0 Å². The summed E-state index contributed by atoms with van der Waals surface area (Å²) in [4.78, 5) is 6.75. The normalized spacial score (nSPS) is 11.8. The highest BCUT2D eigenvalue weighted by atomic mass is 16.5. The molecule has 0 atom stereocenters. The van der Waals surface area contributed by atoms with Gasteiger partial charge in [0, 0.05) is 39.9 Å². The second kappa shape index (κ2) is 14.6.